The minimum Gasteiger partial charge on any atom is -0.497 e. The predicted octanol–water partition coefficient (Wildman–Crippen LogP) is 3.31. The standard InChI is InChI=1S/C20H27NO4/c1-22-17-6-4-7-18(15-17)25-13-5-11-21-12-10-16-8-9-19(23-2)20(14-16)24-3/h4,6-9,14-15,21H,5,10-13H2,1-3H3. The third-order valence-corrected chi connectivity index (χ3v) is 3.85. The van der Waals surface area contributed by atoms with Crippen molar-refractivity contribution in [3.63, 3.8) is 0 Å². The molecule has 0 saturated heterocycles. The fourth-order valence-electron chi connectivity index (χ4n) is 2.47. The molecular formula is C20H27NO4. The molecule has 2 aromatic carbocycles. The van der Waals surface area contributed by atoms with Gasteiger partial charge in [0.1, 0.15) is 11.5 Å². The monoisotopic (exact) mass is 345 g/mol. The van der Waals surface area contributed by atoms with Crippen LogP contribution in [0.1, 0.15) is 12.0 Å². The summed E-state index contributed by atoms with van der Waals surface area (Å²) in [6, 6.07) is 13.7. The first-order valence-electron chi connectivity index (χ1n) is 8.45. The van der Waals surface area contributed by atoms with Gasteiger partial charge in [-0.1, -0.05) is 12.1 Å². The Morgan fingerprint density at radius 1 is 0.800 bits per heavy atom. The largest absolute Gasteiger partial charge is 0.497 e. The summed E-state index contributed by atoms with van der Waals surface area (Å²) in [5.74, 6) is 3.18. The molecule has 136 valence electrons. The molecule has 5 nitrogen and oxygen atoms in total. The van der Waals surface area contributed by atoms with Gasteiger partial charge in [0.25, 0.3) is 0 Å². The van der Waals surface area contributed by atoms with Gasteiger partial charge >= 0.3 is 0 Å². The topological polar surface area (TPSA) is 49.0 Å². The van der Waals surface area contributed by atoms with E-state index in [0.717, 1.165) is 48.9 Å². The highest BCUT2D eigenvalue weighted by Gasteiger charge is 2.04. The summed E-state index contributed by atoms with van der Waals surface area (Å²) in [6.45, 7) is 2.50. The maximum atomic E-state index is 5.72. The number of methoxy groups -OCH3 is 3. The van der Waals surface area contributed by atoms with Crippen molar-refractivity contribution in [3.8, 4) is 23.0 Å². The van der Waals surface area contributed by atoms with Crippen molar-refractivity contribution in [2.75, 3.05) is 41.0 Å². The van der Waals surface area contributed by atoms with Gasteiger partial charge in [0.05, 0.1) is 27.9 Å². The molecule has 2 aromatic rings. The zero-order valence-corrected chi connectivity index (χ0v) is 15.2. The van der Waals surface area contributed by atoms with Crippen LogP contribution in [-0.4, -0.2) is 41.0 Å². The molecule has 0 fully saturated rings. The predicted molar refractivity (Wildman–Crippen MR) is 99.2 cm³/mol. The summed E-state index contributed by atoms with van der Waals surface area (Å²) < 4.78 is 21.5. The van der Waals surface area contributed by atoms with E-state index in [1.54, 1.807) is 21.3 Å². The Hall–Kier alpha value is -2.40. The lowest BCUT2D eigenvalue weighted by Gasteiger charge is -2.10. The van der Waals surface area contributed by atoms with Gasteiger partial charge in [-0.3, -0.25) is 0 Å². The number of benzene rings is 2. The maximum absolute atomic E-state index is 5.72. The van der Waals surface area contributed by atoms with Crippen LogP contribution in [-0.2, 0) is 6.42 Å². The molecule has 0 radical (unpaired) electrons. The number of nitrogens with one attached hydrogen (secondary N) is 1. The lowest BCUT2D eigenvalue weighted by Crippen LogP contribution is -2.20. The first-order valence-corrected chi connectivity index (χ1v) is 8.45. The highest BCUT2D eigenvalue weighted by atomic mass is 16.5. The molecule has 0 spiro atoms. The Labute approximate surface area is 149 Å². The van der Waals surface area contributed by atoms with E-state index in [9.17, 15) is 0 Å². The molecule has 25 heavy (non-hydrogen) atoms. The number of rotatable bonds is 11. The second-order valence-corrected chi connectivity index (χ2v) is 5.57. The van der Waals surface area contributed by atoms with Crippen molar-refractivity contribution >= 4 is 0 Å². The molecule has 2 rings (SSSR count). The summed E-state index contributed by atoms with van der Waals surface area (Å²) in [5, 5.41) is 3.43. The number of hydrogen-bond acceptors (Lipinski definition) is 5. The van der Waals surface area contributed by atoms with Gasteiger partial charge in [0.15, 0.2) is 11.5 Å². The highest BCUT2D eigenvalue weighted by molar-refractivity contribution is 5.42. The van der Waals surface area contributed by atoms with E-state index in [4.69, 9.17) is 18.9 Å². The molecule has 0 unspecified atom stereocenters. The number of ether oxygens (including phenoxy) is 4. The molecule has 0 aliphatic rings. The van der Waals surface area contributed by atoms with Crippen molar-refractivity contribution in [2.24, 2.45) is 0 Å². The summed E-state index contributed by atoms with van der Waals surface area (Å²) in [4.78, 5) is 0. The van der Waals surface area contributed by atoms with E-state index < -0.39 is 0 Å². The van der Waals surface area contributed by atoms with Crippen molar-refractivity contribution in [3.05, 3.63) is 48.0 Å². The molecular weight excluding hydrogens is 318 g/mol. The molecule has 0 aliphatic heterocycles. The van der Waals surface area contributed by atoms with E-state index in [-0.39, 0.29) is 0 Å². The third-order valence-electron chi connectivity index (χ3n) is 3.85. The quantitative estimate of drug-likeness (QED) is 0.633. The van der Waals surface area contributed by atoms with Crippen molar-refractivity contribution in [2.45, 2.75) is 12.8 Å². The van der Waals surface area contributed by atoms with E-state index in [0.29, 0.717) is 6.61 Å². The summed E-state index contributed by atoms with van der Waals surface area (Å²) in [7, 11) is 4.95. The fraction of sp³-hybridized carbons (Fsp3) is 0.400. The zero-order chi connectivity index (χ0) is 17.9. The van der Waals surface area contributed by atoms with E-state index in [2.05, 4.69) is 11.4 Å². The molecule has 0 atom stereocenters. The Morgan fingerprint density at radius 3 is 2.36 bits per heavy atom. The Bertz CT molecular complexity index is 645. The molecule has 0 bridgehead atoms. The second-order valence-electron chi connectivity index (χ2n) is 5.57. The first kappa shape index (κ1) is 18.9. The molecule has 0 heterocycles. The van der Waals surface area contributed by atoms with Gasteiger partial charge in [-0.15, -0.1) is 0 Å². The van der Waals surface area contributed by atoms with Gasteiger partial charge in [-0.25, -0.2) is 0 Å². The van der Waals surface area contributed by atoms with Crippen LogP contribution in [0.5, 0.6) is 23.0 Å². The van der Waals surface area contributed by atoms with E-state index >= 15 is 0 Å². The average Bonchev–Trinajstić information content (AvgIpc) is 2.67. The van der Waals surface area contributed by atoms with Gasteiger partial charge < -0.3 is 24.3 Å². The van der Waals surface area contributed by atoms with E-state index in [1.165, 1.54) is 5.56 Å². The van der Waals surface area contributed by atoms with Crippen LogP contribution in [0, 0.1) is 0 Å². The normalized spacial score (nSPS) is 10.4. The van der Waals surface area contributed by atoms with Crippen molar-refractivity contribution < 1.29 is 18.9 Å². The smallest absolute Gasteiger partial charge is 0.160 e. The van der Waals surface area contributed by atoms with Crippen LogP contribution in [0.25, 0.3) is 0 Å². The molecule has 0 saturated carbocycles. The van der Waals surface area contributed by atoms with Crippen LogP contribution in [0.4, 0.5) is 0 Å². The van der Waals surface area contributed by atoms with Crippen molar-refractivity contribution in [1.82, 2.24) is 5.32 Å². The molecule has 1 N–H and O–H groups in total. The van der Waals surface area contributed by atoms with Gasteiger partial charge in [-0.2, -0.15) is 0 Å². The van der Waals surface area contributed by atoms with E-state index in [1.807, 2.05) is 36.4 Å². The van der Waals surface area contributed by atoms with Crippen LogP contribution < -0.4 is 24.3 Å². The van der Waals surface area contributed by atoms with Gasteiger partial charge in [0.2, 0.25) is 0 Å². The second kappa shape index (κ2) is 10.5. The zero-order valence-electron chi connectivity index (χ0n) is 15.2. The Morgan fingerprint density at radius 2 is 1.60 bits per heavy atom. The van der Waals surface area contributed by atoms with Crippen LogP contribution in [0.2, 0.25) is 0 Å². The highest BCUT2D eigenvalue weighted by Crippen LogP contribution is 2.27. The minimum absolute atomic E-state index is 0.677. The summed E-state index contributed by atoms with van der Waals surface area (Å²) >= 11 is 0. The fourth-order valence-corrected chi connectivity index (χ4v) is 2.47. The van der Waals surface area contributed by atoms with Crippen LogP contribution >= 0.6 is 0 Å². The maximum Gasteiger partial charge on any atom is 0.160 e. The van der Waals surface area contributed by atoms with Crippen LogP contribution in [0.3, 0.4) is 0 Å². The Kier molecular flexibility index (Phi) is 7.92. The third kappa shape index (κ3) is 6.19. The van der Waals surface area contributed by atoms with Gasteiger partial charge in [0, 0.05) is 6.07 Å². The lowest BCUT2D eigenvalue weighted by molar-refractivity contribution is 0.306. The van der Waals surface area contributed by atoms with Crippen LogP contribution in [0.15, 0.2) is 42.5 Å². The Balaban J connectivity index is 1.62. The molecule has 5 heteroatoms. The molecule has 0 amide bonds. The minimum atomic E-state index is 0.677. The lowest BCUT2D eigenvalue weighted by atomic mass is 10.1. The average molecular weight is 345 g/mol. The molecule has 0 aliphatic carbocycles. The summed E-state index contributed by atoms with van der Waals surface area (Å²) in [5.41, 5.74) is 1.22. The first-order chi connectivity index (χ1) is 12.3. The number of hydrogen-bond donors (Lipinski definition) is 1. The van der Waals surface area contributed by atoms with Gasteiger partial charge in [-0.05, 0) is 55.8 Å². The SMILES string of the molecule is COc1cccc(OCCCNCCc2ccc(OC)c(OC)c2)c1. The summed E-state index contributed by atoms with van der Waals surface area (Å²) in [6.07, 6.45) is 1.89. The van der Waals surface area contributed by atoms with Crippen molar-refractivity contribution in [1.29, 1.82) is 0 Å². The molecule has 0 aromatic heterocycles.